The summed E-state index contributed by atoms with van der Waals surface area (Å²) in [5, 5.41) is 1.28. The van der Waals surface area contributed by atoms with E-state index in [4.69, 9.17) is 4.74 Å². The third kappa shape index (κ3) is 3.29. The molecule has 0 unspecified atom stereocenters. The first kappa shape index (κ1) is 14.8. The van der Waals surface area contributed by atoms with E-state index in [1.165, 1.54) is 21.4 Å². The van der Waals surface area contributed by atoms with Crippen LogP contribution in [-0.4, -0.2) is 35.2 Å². The van der Waals surface area contributed by atoms with Crippen molar-refractivity contribution in [3.8, 4) is 0 Å². The smallest absolute Gasteiger partial charge is 0.0594 e. The Morgan fingerprint density at radius 2 is 1.70 bits per heavy atom. The van der Waals surface area contributed by atoms with Crippen LogP contribution in [-0.2, 0) is 11.3 Å². The molecule has 3 nitrogen and oxygen atoms in total. The summed E-state index contributed by atoms with van der Waals surface area (Å²) in [5.41, 5.74) is 2.65. The first-order chi connectivity index (χ1) is 11.4. The molecule has 2 aromatic carbocycles. The number of hydrogen-bond acceptors (Lipinski definition) is 3. The lowest BCUT2D eigenvalue weighted by atomic mass is 10.2. The van der Waals surface area contributed by atoms with Gasteiger partial charge in [-0.1, -0.05) is 36.4 Å². The fourth-order valence-electron chi connectivity index (χ4n) is 2.97. The van der Waals surface area contributed by atoms with Crippen LogP contribution in [0, 0.1) is 0 Å². The van der Waals surface area contributed by atoms with Gasteiger partial charge in [0, 0.05) is 36.1 Å². The number of nitrogens with zero attached hydrogens (tertiary/aromatic N) is 2. The zero-order valence-corrected chi connectivity index (χ0v) is 13.8. The number of benzene rings is 2. The second-order valence-corrected chi connectivity index (χ2v) is 6.80. The highest BCUT2D eigenvalue weighted by molar-refractivity contribution is 7.98. The lowest BCUT2D eigenvalue weighted by Gasteiger charge is -2.27. The number of morpholine rings is 1. The molecular formula is C19H20N2OS. The number of hydrogen-bond donors (Lipinski definition) is 0. The molecule has 1 saturated heterocycles. The van der Waals surface area contributed by atoms with Crippen molar-refractivity contribution in [1.82, 2.24) is 8.87 Å². The minimum atomic E-state index is 0.845. The normalized spacial score (nSPS) is 16.0. The van der Waals surface area contributed by atoms with Crippen LogP contribution in [0.15, 0.2) is 65.7 Å². The highest BCUT2D eigenvalue weighted by Gasteiger charge is 2.13. The lowest BCUT2D eigenvalue weighted by Crippen LogP contribution is -2.35. The van der Waals surface area contributed by atoms with Gasteiger partial charge >= 0.3 is 0 Å². The molecule has 3 aromatic rings. The second-order valence-electron chi connectivity index (χ2n) is 5.79. The molecule has 0 radical (unpaired) electrons. The summed E-state index contributed by atoms with van der Waals surface area (Å²) in [7, 11) is 0. The fourth-order valence-corrected chi connectivity index (χ4v) is 3.95. The quantitative estimate of drug-likeness (QED) is 0.721. The second kappa shape index (κ2) is 6.79. The molecule has 1 aliphatic rings. The van der Waals surface area contributed by atoms with Gasteiger partial charge in [-0.05, 0) is 35.7 Å². The van der Waals surface area contributed by atoms with E-state index in [9.17, 15) is 0 Å². The summed E-state index contributed by atoms with van der Waals surface area (Å²) >= 11 is 1.80. The topological polar surface area (TPSA) is 17.4 Å². The number of rotatable bonds is 4. The maximum Gasteiger partial charge on any atom is 0.0594 e. The molecule has 0 amide bonds. The van der Waals surface area contributed by atoms with Gasteiger partial charge in [0.15, 0.2) is 0 Å². The molecule has 1 fully saturated rings. The van der Waals surface area contributed by atoms with Gasteiger partial charge in [0.2, 0.25) is 0 Å². The van der Waals surface area contributed by atoms with Crippen LogP contribution in [0.3, 0.4) is 0 Å². The average molecular weight is 324 g/mol. The van der Waals surface area contributed by atoms with Crippen LogP contribution >= 0.6 is 11.9 Å². The minimum Gasteiger partial charge on any atom is -0.379 e. The summed E-state index contributed by atoms with van der Waals surface area (Å²) in [6.07, 6.45) is 2.15. The van der Waals surface area contributed by atoms with Gasteiger partial charge in [0.25, 0.3) is 0 Å². The summed E-state index contributed by atoms with van der Waals surface area (Å²) in [6, 6.07) is 19.4. The molecule has 0 N–H and O–H groups in total. The number of fused-ring (bicyclic) bond motifs is 1. The average Bonchev–Trinajstić information content (AvgIpc) is 3.01. The highest BCUT2D eigenvalue weighted by atomic mass is 32.2. The van der Waals surface area contributed by atoms with Gasteiger partial charge in [-0.25, -0.2) is 0 Å². The molecule has 0 atom stereocenters. The van der Waals surface area contributed by atoms with Crippen LogP contribution in [0.2, 0.25) is 0 Å². The van der Waals surface area contributed by atoms with Crippen LogP contribution < -0.4 is 0 Å². The van der Waals surface area contributed by atoms with Gasteiger partial charge < -0.3 is 4.74 Å². The monoisotopic (exact) mass is 324 g/mol. The van der Waals surface area contributed by atoms with E-state index in [1.807, 2.05) is 0 Å². The van der Waals surface area contributed by atoms with Crippen LogP contribution in [0.25, 0.3) is 10.9 Å². The number of aromatic nitrogens is 1. The van der Waals surface area contributed by atoms with E-state index in [1.54, 1.807) is 11.9 Å². The SMILES string of the molecule is c1ccc(Sn2ccc3ccccc32)c(CN2CCOCC2)c1. The Kier molecular flexibility index (Phi) is 4.37. The molecular weight excluding hydrogens is 304 g/mol. The molecule has 23 heavy (non-hydrogen) atoms. The maximum atomic E-state index is 5.45. The number of para-hydroxylation sites is 1. The molecule has 2 heterocycles. The van der Waals surface area contributed by atoms with Gasteiger partial charge in [0.05, 0.1) is 18.7 Å². The largest absolute Gasteiger partial charge is 0.379 e. The Morgan fingerprint density at radius 3 is 2.61 bits per heavy atom. The van der Waals surface area contributed by atoms with E-state index < -0.39 is 0 Å². The first-order valence-electron chi connectivity index (χ1n) is 8.02. The standard InChI is InChI=1S/C19H20N2OS/c1-3-7-18-16(5-1)9-10-21(18)23-19-8-4-2-6-17(19)15-20-11-13-22-14-12-20/h1-10H,11-15H2. The molecule has 1 aliphatic heterocycles. The summed E-state index contributed by atoms with van der Waals surface area (Å²) < 4.78 is 7.71. The molecule has 4 heteroatoms. The molecule has 4 rings (SSSR count). The fraction of sp³-hybridized carbons (Fsp3) is 0.263. The van der Waals surface area contributed by atoms with E-state index in [-0.39, 0.29) is 0 Å². The zero-order chi connectivity index (χ0) is 15.5. The van der Waals surface area contributed by atoms with Gasteiger partial charge in [-0.15, -0.1) is 0 Å². The number of ether oxygens (including phenoxy) is 1. The Bertz CT molecular complexity index is 793. The molecule has 0 saturated carbocycles. The predicted molar refractivity (Wildman–Crippen MR) is 95.7 cm³/mol. The van der Waals surface area contributed by atoms with Crippen molar-refractivity contribution in [2.45, 2.75) is 11.4 Å². The molecule has 118 valence electrons. The third-order valence-corrected chi connectivity index (χ3v) is 5.34. The van der Waals surface area contributed by atoms with Gasteiger partial charge in [0.1, 0.15) is 0 Å². The van der Waals surface area contributed by atoms with Crippen molar-refractivity contribution in [3.63, 3.8) is 0 Å². The summed E-state index contributed by atoms with van der Waals surface area (Å²) in [5.74, 6) is 0. The van der Waals surface area contributed by atoms with Gasteiger partial charge in [-0.3, -0.25) is 8.87 Å². The Hall–Kier alpha value is -1.75. The maximum absolute atomic E-state index is 5.45. The third-order valence-electron chi connectivity index (χ3n) is 4.23. The van der Waals surface area contributed by atoms with Crippen molar-refractivity contribution in [2.75, 3.05) is 26.3 Å². The first-order valence-corrected chi connectivity index (χ1v) is 8.80. The zero-order valence-electron chi connectivity index (χ0n) is 13.0. The van der Waals surface area contributed by atoms with Gasteiger partial charge in [-0.2, -0.15) is 0 Å². The molecule has 0 bridgehead atoms. The van der Waals surface area contributed by atoms with E-state index in [2.05, 4.69) is 69.7 Å². The van der Waals surface area contributed by atoms with Crippen molar-refractivity contribution in [2.24, 2.45) is 0 Å². The van der Waals surface area contributed by atoms with E-state index in [0.29, 0.717) is 0 Å². The Labute approximate surface area is 141 Å². The summed E-state index contributed by atoms with van der Waals surface area (Å²) in [4.78, 5) is 3.79. The van der Waals surface area contributed by atoms with Crippen molar-refractivity contribution < 1.29 is 4.74 Å². The predicted octanol–water partition coefficient (Wildman–Crippen LogP) is 4.03. The highest BCUT2D eigenvalue weighted by Crippen LogP contribution is 2.29. The Balaban J connectivity index is 1.59. The van der Waals surface area contributed by atoms with Crippen LogP contribution in [0.5, 0.6) is 0 Å². The van der Waals surface area contributed by atoms with Crippen molar-refractivity contribution >= 4 is 22.9 Å². The molecule has 1 aromatic heterocycles. The Morgan fingerprint density at radius 1 is 0.913 bits per heavy atom. The molecule has 0 spiro atoms. The lowest BCUT2D eigenvalue weighted by molar-refractivity contribution is 0.0338. The van der Waals surface area contributed by atoms with E-state index >= 15 is 0 Å². The summed E-state index contributed by atoms with van der Waals surface area (Å²) in [6.45, 7) is 4.72. The molecule has 0 aliphatic carbocycles. The van der Waals surface area contributed by atoms with Crippen molar-refractivity contribution in [3.05, 3.63) is 66.4 Å². The van der Waals surface area contributed by atoms with E-state index in [0.717, 1.165) is 32.8 Å². The van der Waals surface area contributed by atoms with Crippen LogP contribution in [0.1, 0.15) is 5.56 Å². The minimum absolute atomic E-state index is 0.845. The van der Waals surface area contributed by atoms with Crippen LogP contribution in [0.4, 0.5) is 0 Å². The van der Waals surface area contributed by atoms with Crippen molar-refractivity contribution in [1.29, 1.82) is 0 Å².